The van der Waals surface area contributed by atoms with Crippen molar-refractivity contribution in [3.8, 4) is 22.8 Å². The summed E-state index contributed by atoms with van der Waals surface area (Å²) in [5.74, 6) is 0.0864. The van der Waals surface area contributed by atoms with Gasteiger partial charge in [0.15, 0.2) is 0 Å². The number of benzene rings is 2. The van der Waals surface area contributed by atoms with Crippen LogP contribution < -0.4 is 10.1 Å². The predicted octanol–water partition coefficient (Wildman–Crippen LogP) is 3.49. The average molecular weight is 425 g/mol. The lowest BCUT2D eigenvalue weighted by atomic mass is 10.1. The van der Waals surface area contributed by atoms with E-state index in [1.165, 1.54) is 38.5 Å². The number of hydrogen-bond donors (Lipinski definition) is 1. The number of hydrogen-bond acceptors (Lipinski definition) is 8. The fraction of sp³-hybridized carbons (Fsp3) is 0.182. The highest BCUT2D eigenvalue weighted by atomic mass is 19.1. The molecule has 1 heterocycles. The van der Waals surface area contributed by atoms with Gasteiger partial charge in [0.2, 0.25) is 5.82 Å². The van der Waals surface area contributed by atoms with Gasteiger partial charge in [-0.2, -0.15) is 0 Å². The second-order valence-corrected chi connectivity index (χ2v) is 6.38. The van der Waals surface area contributed by atoms with Crippen molar-refractivity contribution < 1.29 is 28.2 Å². The van der Waals surface area contributed by atoms with E-state index in [0.717, 1.165) is 0 Å². The van der Waals surface area contributed by atoms with E-state index in [4.69, 9.17) is 14.2 Å². The third-order valence-corrected chi connectivity index (χ3v) is 4.14. The van der Waals surface area contributed by atoms with Crippen molar-refractivity contribution in [1.82, 2.24) is 9.97 Å². The van der Waals surface area contributed by atoms with Crippen LogP contribution in [0.15, 0.2) is 54.6 Å². The Morgan fingerprint density at radius 1 is 1.06 bits per heavy atom. The lowest BCUT2D eigenvalue weighted by molar-refractivity contribution is -0.109. The van der Waals surface area contributed by atoms with Gasteiger partial charge in [0.1, 0.15) is 35.5 Å². The largest absolute Gasteiger partial charge is 0.463 e. The van der Waals surface area contributed by atoms with Crippen LogP contribution in [0.25, 0.3) is 11.3 Å². The van der Waals surface area contributed by atoms with Crippen LogP contribution in [-0.2, 0) is 14.3 Å². The molecule has 0 aliphatic heterocycles. The summed E-state index contributed by atoms with van der Waals surface area (Å²) in [7, 11) is 2.70. The molecular weight excluding hydrogens is 405 g/mol. The van der Waals surface area contributed by atoms with Gasteiger partial charge in [-0.25, -0.2) is 19.2 Å². The summed E-state index contributed by atoms with van der Waals surface area (Å²) in [6.07, 6.45) is 0.685. The van der Waals surface area contributed by atoms with Crippen molar-refractivity contribution in [2.45, 2.75) is 6.04 Å². The summed E-state index contributed by atoms with van der Waals surface area (Å²) in [4.78, 5) is 31.6. The van der Waals surface area contributed by atoms with Gasteiger partial charge < -0.3 is 24.3 Å². The highest BCUT2D eigenvalue weighted by Gasteiger charge is 2.16. The Balaban J connectivity index is 1.87. The number of rotatable bonds is 9. The molecule has 0 bridgehead atoms. The normalized spacial score (nSPS) is 11.5. The SMILES string of the molecule is COC[C@@H](C=O)Nc1cc(-c2ccc(Oc3ccc(F)cc3)cc2)nc(C(=O)OC)n1. The molecule has 0 fully saturated rings. The fourth-order valence-electron chi connectivity index (χ4n) is 2.67. The van der Waals surface area contributed by atoms with Gasteiger partial charge in [0.25, 0.3) is 0 Å². The van der Waals surface area contributed by atoms with Crippen molar-refractivity contribution in [3.05, 3.63) is 66.2 Å². The Labute approximate surface area is 178 Å². The third kappa shape index (κ3) is 5.83. The highest BCUT2D eigenvalue weighted by Crippen LogP contribution is 2.26. The number of carbonyl (C=O) groups excluding carboxylic acids is 2. The molecule has 0 unspecified atom stereocenters. The van der Waals surface area contributed by atoms with Gasteiger partial charge in [-0.05, 0) is 48.5 Å². The van der Waals surface area contributed by atoms with E-state index in [1.54, 1.807) is 30.3 Å². The number of nitrogens with one attached hydrogen (secondary N) is 1. The average Bonchev–Trinajstić information content (AvgIpc) is 2.80. The van der Waals surface area contributed by atoms with Crippen LogP contribution in [0.4, 0.5) is 10.2 Å². The van der Waals surface area contributed by atoms with Crippen LogP contribution in [0.5, 0.6) is 11.5 Å². The van der Waals surface area contributed by atoms with E-state index >= 15 is 0 Å². The first-order valence-electron chi connectivity index (χ1n) is 9.24. The Bertz CT molecular complexity index is 1040. The van der Waals surface area contributed by atoms with Crippen molar-refractivity contribution in [2.75, 3.05) is 26.1 Å². The minimum atomic E-state index is -0.712. The lowest BCUT2D eigenvalue weighted by Crippen LogP contribution is -2.27. The van der Waals surface area contributed by atoms with E-state index in [0.29, 0.717) is 29.0 Å². The quantitative estimate of drug-likeness (QED) is 0.411. The molecule has 3 rings (SSSR count). The number of halogens is 1. The van der Waals surface area contributed by atoms with Crippen LogP contribution in [0.1, 0.15) is 10.6 Å². The van der Waals surface area contributed by atoms with Crippen molar-refractivity contribution >= 4 is 18.1 Å². The number of methoxy groups -OCH3 is 2. The van der Waals surface area contributed by atoms with Gasteiger partial charge in [-0.1, -0.05) is 0 Å². The highest BCUT2D eigenvalue weighted by molar-refractivity contribution is 5.86. The number of carbonyl (C=O) groups is 2. The number of aldehydes is 1. The zero-order valence-electron chi connectivity index (χ0n) is 16.9. The summed E-state index contributed by atoms with van der Waals surface area (Å²) >= 11 is 0. The summed E-state index contributed by atoms with van der Waals surface area (Å²) in [5.41, 5.74) is 1.12. The molecule has 31 heavy (non-hydrogen) atoms. The third-order valence-electron chi connectivity index (χ3n) is 4.14. The Hall–Kier alpha value is -3.85. The van der Waals surface area contributed by atoms with Gasteiger partial charge in [0, 0.05) is 18.7 Å². The van der Waals surface area contributed by atoms with E-state index < -0.39 is 12.0 Å². The standard InChI is InChI=1S/C22H20FN3O5/c1-29-13-16(12-27)24-20-11-19(25-21(26-20)22(28)30-2)14-3-7-17(8-4-14)31-18-9-5-15(23)6-10-18/h3-12,16H,13H2,1-2H3,(H,24,25,26)/t16-/m1/s1. The molecule has 8 nitrogen and oxygen atoms in total. The summed E-state index contributed by atoms with van der Waals surface area (Å²) in [6.45, 7) is 0.131. The minimum absolute atomic E-state index is 0.131. The van der Waals surface area contributed by atoms with E-state index in [9.17, 15) is 14.0 Å². The van der Waals surface area contributed by atoms with Gasteiger partial charge in [-0.15, -0.1) is 0 Å². The summed E-state index contributed by atoms with van der Waals surface area (Å²) in [6, 6.07) is 13.5. The molecular formula is C22H20FN3O5. The number of anilines is 1. The van der Waals surface area contributed by atoms with Gasteiger partial charge in [-0.3, -0.25) is 0 Å². The molecule has 0 spiro atoms. The van der Waals surface area contributed by atoms with Crippen molar-refractivity contribution in [3.63, 3.8) is 0 Å². The van der Waals surface area contributed by atoms with Crippen LogP contribution in [-0.4, -0.2) is 49.1 Å². The van der Waals surface area contributed by atoms with Crippen LogP contribution in [0.3, 0.4) is 0 Å². The zero-order valence-corrected chi connectivity index (χ0v) is 16.9. The molecule has 0 saturated heterocycles. The second kappa shape index (κ2) is 10.3. The molecule has 0 aliphatic rings. The predicted molar refractivity (Wildman–Crippen MR) is 111 cm³/mol. The van der Waals surface area contributed by atoms with E-state index in [2.05, 4.69) is 15.3 Å². The Kier molecular flexibility index (Phi) is 7.23. The molecule has 0 saturated carbocycles. The molecule has 3 aromatic rings. The molecule has 160 valence electrons. The fourth-order valence-corrected chi connectivity index (χ4v) is 2.67. The molecule has 1 aromatic heterocycles. The summed E-state index contributed by atoms with van der Waals surface area (Å²) < 4.78 is 28.4. The number of esters is 1. The number of ether oxygens (including phenoxy) is 3. The van der Waals surface area contributed by atoms with Gasteiger partial charge >= 0.3 is 5.97 Å². The van der Waals surface area contributed by atoms with Crippen LogP contribution >= 0.6 is 0 Å². The molecule has 1 N–H and O–H groups in total. The monoisotopic (exact) mass is 425 g/mol. The maximum atomic E-state index is 13.0. The first-order chi connectivity index (χ1) is 15.0. The topological polar surface area (TPSA) is 99.6 Å². The molecule has 2 aromatic carbocycles. The van der Waals surface area contributed by atoms with E-state index in [-0.39, 0.29) is 24.1 Å². The zero-order chi connectivity index (χ0) is 22.2. The first kappa shape index (κ1) is 21.8. The molecule has 1 atom stereocenters. The van der Waals surface area contributed by atoms with Crippen LogP contribution in [0.2, 0.25) is 0 Å². The Morgan fingerprint density at radius 3 is 2.29 bits per heavy atom. The molecule has 0 aliphatic carbocycles. The van der Waals surface area contributed by atoms with Gasteiger partial charge in [0.05, 0.1) is 19.4 Å². The number of nitrogens with zero attached hydrogens (tertiary/aromatic N) is 2. The smallest absolute Gasteiger partial charge is 0.376 e. The molecule has 0 radical (unpaired) electrons. The van der Waals surface area contributed by atoms with Crippen molar-refractivity contribution in [1.29, 1.82) is 0 Å². The minimum Gasteiger partial charge on any atom is -0.463 e. The second-order valence-electron chi connectivity index (χ2n) is 6.38. The Morgan fingerprint density at radius 2 is 1.71 bits per heavy atom. The molecule has 0 amide bonds. The number of aromatic nitrogens is 2. The van der Waals surface area contributed by atoms with Crippen molar-refractivity contribution in [2.24, 2.45) is 0 Å². The summed E-state index contributed by atoms with van der Waals surface area (Å²) in [5, 5.41) is 2.90. The molecule has 9 heteroatoms. The van der Waals surface area contributed by atoms with Crippen LogP contribution in [0, 0.1) is 5.82 Å². The lowest BCUT2D eigenvalue weighted by Gasteiger charge is -2.14. The van der Waals surface area contributed by atoms with E-state index in [1.807, 2.05) is 0 Å². The maximum Gasteiger partial charge on any atom is 0.376 e. The first-order valence-corrected chi connectivity index (χ1v) is 9.24. The maximum absolute atomic E-state index is 13.0.